The largest absolute Gasteiger partial charge is 0.476 e. The van der Waals surface area contributed by atoms with Gasteiger partial charge in [-0.3, -0.25) is 10.9 Å². The summed E-state index contributed by atoms with van der Waals surface area (Å²) >= 11 is 0. The van der Waals surface area contributed by atoms with Crippen molar-refractivity contribution < 1.29 is 14.6 Å². The van der Waals surface area contributed by atoms with Crippen LogP contribution in [0, 0.1) is 6.92 Å². The van der Waals surface area contributed by atoms with Crippen molar-refractivity contribution >= 4 is 5.97 Å². The third kappa shape index (κ3) is 2.87. The molecule has 4 N–H and O–H groups in total. The van der Waals surface area contributed by atoms with E-state index in [2.05, 4.69) is 22.5 Å². The molecule has 1 heterocycles. The summed E-state index contributed by atoms with van der Waals surface area (Å²) < 4.78 is 5.53. The van der Waals surface area contributed by atoms with Gasteiger partial charge in [0, 0.05) is 0 Å². The Labute approximate surface area is 127 Å². The van der Waals surface area contributed by atoms with E-state index in [1.165, 1.54) is 5.56 Å². The van der Waals surface area contributed by atoms with Crippen LogP contribution in [0.5, 0.6) is 5.75 Å². The Bertz CT molecular complexity index is 739. The fourth-order valence-corrected chi connectivity index (χ4v) is 2.15. The van der Waals surface area contributed by atoms with Crippen LogP contribution >= 0.6 is 0 Å². The fraction of sp³-hybridized carbons (Fsp3) is 0.0625. The second kappa shape index (κ2) is 5.79. The molecule has 1 aliphatic rings. The number of benzene rings is 2. The van der Waals surface area contributed by atoms with Gasteiger partial charge in [0.2, 0.25) is 5.88 Å². The minimum Gasteiger partial charge on any atom is -0.476 e. The van der Waals surface area contributed by atoms with E-state index in [-0.39, 0.29) is 11.6 Å². The average Bonchev–Trinajstić information content (AvgIpc) is 2.96. The highest BCUT2D eigenvalue weighted by Crippen LogP contribution is 2.24. The number of carbonyl (C=O) groups is 1. The van der Waals surface area contributed by atoms with Crippen molar-refractivity contribution in [3.8, 4) is 16.9 Å². The van der Waals surface area contributed by atoms with Crippen molar-refractivity contribution in [3.63, 3.8) is 0 Å². The molecular formula is C16H15N3O3. The molecule has 112 valence electrons. The molecule has 22 heavy (non-hydrogen) atoms. The van der Waals surface area contributed by atoms with Crippen LogP contribution in [0.1, 0.15) is 5.56 Å². The first kappa shape index (κ1) is 14.0. The third-order valence-corrected chi connectivity index (χ3v) is 3.23. The summed E-state index contributed by atoms with van der Waals surface area (Å²) in [5.41, 5.74) is 10.9. The summed E-state index contributed by atoms with van der Waals surface area (Å²) in [4.78, 5) is 11.0. The zero-order chi connectivity index (χ0) is 15.5. The number of aryl methyl sites for hydroxylation is 1. The maximum absolute atomic E-state index is 11.0. The molecule has 0 bridgehead atoms. The second-order valence-corrected chi connectivity index (χ2v) is 4.88. The topological polar surface area (TPSA) is 82.6 Å². The second-order valence-electron chi connectivity index (χ2n) is 4.88. The lowest BCUT2D eigenvalue weighted by Gasteiger charge is -2.08. The molecule has 6 heteroatoms. The SMILES string of the molecule is Cc1cccc(-c2ccc(OC3=C(C(=O)O)NNN3)cc2)c1. The summed E-state index contributed by atoms with van der Waals surface area (Å²) in [7, 11) is 0. The van der Waals surface area contributed by atoms with Crippen molar-refractivity contribution in [2.45, 2.75) is 6.92 Å². The first-order valence-electron chi connectivity index (χ1n) is 6.73. The molecule has 0 unspecified atom stereocenters. The zero-order valence-electron chi connectivity index (χ0n) is 11.9. The van der Waals surface area contributed by atoms with E-state index in [1.807, 2.05) is 37.3 Å². The summed E-state index contributed by atoms with van der Waals surface area (Å²) in [5.74, 6) is -0.442. The maximum Gasteiger partial charge on any atom is 0.359 e. The van der Waals surface area contributed by atoms with Gasteiger partial charge in [-0.05, 0) is 30.2 Å². The van der Waals surface area contributed by atoms with Crippen LogP contribution in [0.15, 0.2) is 60.1 Å². The van der Waals surface area contributed by atoms with Crippen LogP contribution < -0.4 is 21.1 Å². The third-order valence-electron chi connectivity index (χ3n) is 3.23. The Morgan fingerprint density at radius 3 is 2.50 bits per heavy atom. The predicted octanol–water partition coefficient (Wildman–Crippen LogP) is 1.91. The maximum atomic E-state index is 11.0. The molecule has 0 saturated heterocycles. The van der Waals surface area contributed by atoms with Gasteiger partial charge in [-0.1, -0.05) is 42.0 Å². The lowest BCUT2D eigenvalue weighted by Crippen LogP contribution is -2.34. The number of carboxylic acids is 1. The van der Waals surface area contributed by atoms with E-state index in [9.17, 15) is 4.79 Å². The molecular weight excluding hydrogens is 282 g/mol. The van der Waals surface area contributed by atoms with Crippen molar-refractivity contribution in [2.24, 2.45) is 0 Å². The molecule has 0 radical (unpaired) electrons. The van der Waals surface area contributed by atoms with Crippen LogP contribution in [-0.4, -0.2) is 11.1 Å². The standard InChI is InChI=1S/C16H15N3O3/c1-10-3-2-4-12(9-10)11-5-7-13(8-6-11)22-15-14(16(20)21)17-19-18-15/h2-9,17-19H,1H3,(H,20,21). The smallest absolute Gasteiger partial charge is 0.359 e. The number of rotatable bonds is 4. The zero-order valence-corrected chi connectivity index (χ0v) is 11.9. The monoisotopic (exact) mass is 297 g/mol. The van der Waals surface area contributed by atoms with Gasteiger partial charge in [0.05, 0.1) is 0 Å². The van der Waals surface area contributed by atoms with Crippen LogP contribution in [-0.2, 0) is 4.79 Å². The highest BCUT2D eigenvalue weighted by atomic mass is 16.5. The van der Waals surface area contributed by atoms with E-state index in [4.69, 9.17) is 9.84 Å². The van der Waals surface area contributed by atoms with Gasteiger partial charge >= 0.3 is 5.97 Å². The minimum absolute atomic E-state index is 0.0669. The number of ether oxygens (including phenoxy) is 1. The molecule has 2 aromatic carbocycles. The highest BCUT2D eigenvalue weighted by Gasteiger charge is 2.21. The van der Waals surface area contributed by atoms with Gasteiger partial charge in [0.15, 0.2) is 5.70 Å². The molecule has 0 spiro atoms. The number of hydrazine groups is 2. The fourth-order valence-electron chi connectivity index (χ4n) is 2.15. The Kier molecular flexibility index (Phi) is 3.67. The molecule has 3 rings (SSSR count). The molecule has 0 fully saturated rings. The van der Waals surface area contributed by atoms with Gasteiger partial charge < -0.3 is 9.84 Å². The average molecular weight is 297 g/mol. The van der Waals surface area contributed by atoms with Crippen LogP contribution in [0.2, 0.25) is 0 Å². The summed E-state index contributed by atoms with van der Waals surface area (Å²) in [6.07, 6.45) is 0. The van der Waals surface area contributed by atoms with E-state index in [0.29, 0.717) is 5.75 Å². The Balaban J connectivity index is 1.80. The van der Waals surface area contributed by atoms with Gasteiger partial charge in [0.1, 0.15) is 5.75 Å². The van der Waals surface area contributed by atoms with Crippen LogP contribution in [0.25, 0.3) is 11.1 Å². The highest BCUT2D eigenvalue weighted by molar-refractivity contribution is 5.86. The summed E-state index contributed by atoms with van der Waals surface area (Å²) in [5, 5.41) is 9.00. The number of hydrogen-bond acceptors (Lipinski definition) is 5. The molecule has 1 aliphatic heterocycles. The normalized spacial score (nSPS) is 13.5. The van der Waals surface area contributed by atoms with Gasteiger partial charge in [-0.2, -0.15) is 0 Å². The summed E-state index contributed by atoms with van der Waals surface area (Å²) in [6.45, 7) is 2.05. The van der Waals surface area contributed by atoms with Gasteiger partial charge in [-0.25, -0.2) is 4.79 Å². The number of carboxylic acid groups (broad SMARTS) is 1. The van der Waals surface area contributed by atoms with Gasteiger partial charge in [-0.15, -0.1) is 5.53 Å². The van der Waals surface area contributed by atoms with Crippen molar-refractivity contribution in [3.05, 3.63) is 65.7 Å². The minimum atomic E-state index is -1.11. The lowest BCUT2D eigenvalue weighted by molar-refractivity contribution is -0.133. The quantitative estimate of drug-likeness (QED) is 0.690. The number of nitrogens with one attached hydrogen (secondary N) is 3. The first-order chi connectivity index (χ1) is 10.6. The molecule has 0 aromatic heterocycles. The molecule has 0 atom stereocenters. The van der Waals surface area contributed by atoms with E-state index >= 15 is 0 Å². The van der Waals surface area contributed by atoms with Crippen molar-refractivity contribution in [1.82, 2.24) is 16.4 Å². The van der Waals surface area contributed by atoms with Gasteiger partial charge in [0.25, 0.3) is 0 Å². The molecule has 0 aliphatic carbocycles. The Morgan fingerprint density at radius 1 is 1.05 bits per heavy atom. The van der Waals surface area contributed by atoms with Crippen molar-refractivity contribution in [1.29, 1.82) is 0 Å². The first-order valence-corrected chi connectivity index (χ1v) is 6.73. The Hall–Kier alpha value is -2.99. The Morgan fingerprint density at radius 2 is 1.82 bits per heavy atom. The van der Waals surface area contributed by atoms with E-state index in [0.717, 1.165) is 11.1 Å². The van der Waals surface area contributed by atoms with Crippen LogP contribution in [0.3, 0.4) is 0 Å². The van der Waals surface area contributed by atoms with Crippen LogP contribution in [0.4, 0.5) is 0 Å². The number of hydrogen-bond donors (Lipinski definition) is 4. The molecule has 2 aromatic rings. The molecule has 0 amide bonds. The summed E-state index contributed by atoms with van der Waals surface area (Å²) in [6, 6.07) is 15.7. The lowest BCUT2D eigenvalue weighted by atomic mass is 10.0. The molecule has 6 nitrogen and oxygen atoms in total. The van der Waals surface area contributed by atoms with E-state index < -0.39 is 5.97 Å². The molecule has 0 saturated carbocycles. The van der Waals surface area contributed by atoms with E-state index in [1.54, 1.807) is 12.1 Å². The predicted molar refractivity (Wildman–Crippen MR) is 81.3 cm³/mol. The number of aliphatic carboxylic acids is 1. The van der Waals surface area contributed by atoms with Crippen molar-refractivity contribution in [2.75, 3.05) is 0 Å².